The Labute approximate surface area is 250 Å². The van der Waals surface area contributed by atoms with Crippen LogP contribution in [0, 0.1) is 5.82 Å². The number of oxime groups is 1. The topological polar surface area (TPSA) is 124 Å². The van der Waals surface area contributed by atoms with E-state index in [1.54, 1.807) is 30.3 Å². The van der Waals surface area contributed by atoms with E-state index in [0.717, 1.165) is 5.56 Å². The number of benzene rings is 3. The number of pyridine rings is 1. The van der Waals surface area contributed by atoms with E-state index in [1.807, 2.05) is 0 Å². The molecule has 0 saturated carbocycles. The van der Waals surface area contributed by atoms with Gasteiger partial charge in [0.1, 0.15) is 18.2 Å². The van der Waals surface area contributed by atoms with Gasteiger partial charge in [-0.3, -0.25) is 4.79 Å². The van der Waals surface area contributed by atoms with Crippen LogP contribution in [0.25, 0.3) is 0 Å². The second-order valence-corrected chi connectivity index (χ2v) is 11.8. The molecule has 0 radical (unpaired) electrons. The summed E-state index contributed by atoms with van der Waals surface area (Å²) in [6.45, 7) is 0.160. The molecule has 214 valence electrons. The van der Waals surface area contributed by atoms with E-state index in [0.29, 0.717) is 22.0 Å². The van der Waals surface area contributed by atoms with E-state index in [9.17, 15) is 22.7 Å². The van der Waals surface area contributed by atoms with Gasteiger partial charge >= 0.3 is 0 Å². The fraction of sp³-hybridized carbons (Fsp3) is 0.143. The van der Waals surface area contributed by atoms with Crippen molar-refractivity contribution in [3.63, 3.8) is 0 Å². The predicted octanol–water partition coefficient (Wildman–Crippen LogP) is 5.68. The van der Waals surface area contributed by atoms with E-state index in [4.69, 9.17) is 44.8 Å². The maximum Gasteiger partial charge on any atom is 0.257 e. The fourth-order valence-corrected chi connectivity index (χ4v) is 5.18. The second kappa shape index (κ2) is 13.1. The highest BCUT2D eigenvalue weighted by atomic mass is 35.5. The fourth-order valence-electron chi connectivity index (χ4n) is 3.97. The van der Waals surface area contributed by atoms with Crippen LogP contribution in [0.4, 0.5) is 4.39 Å². The minimum Gasteiger partial charge on any atom is -0.507 e. The van der Waals surface area contributed by atoms with Crippen LogP contribution in [0.2, 0.25) is 15.1 Å². The summed E-state index contributed by atoms with van der Waals surface area (Å²) in [5.74, 6) is -1.03. The summed E-state index contributed by atoms with van der Waals surface area (Å²) in [4.78, 5) is 18.7. The number of hydrogen-bond acceptors (Lipinski definition) is 6. The zero-order valence-electron chi connectivity index (χ0n) is 21.2. The van der Waals surface area contributed by atoms with Gasteiger partial charge in [0.05, 0.1) is 22.2 Å². The molecule has 4 rings (SSSR count). The van der Waals surface area contributed by atoms with Crippen LogP contribution in [0.15, 0.2) is 81.7 Å². The number of aromatic nitrogens is 1. The lowest BCUT2D eigenvalue weighted by Crippen LogP contribution is -2.26. The summed E-state index contributed by atoms with van der Waals surface area (Å²) in [6.07, 6.45) is 2.67. The maximum atomic E-state index is 14.6. The lowest BCUT2D eigenvalue weighted by Gasteiger charge is -2.14. The molecule has 0 aliphatic heterocycles. The van der Waals surface area contributed by atoms with E-state index >= 15 is 0 Å². The molecule has 1 heterocycles. The molecule has 1 aromatic heterocycles. The Bertz CT molecular complexity index is 1760. The first-order valence-corrected chi connectivity index (χ1v) is 14.7. The smallest absolute Gasteiger partial charge is 0.257 e. The Morgan fingerprint density at radius 1 is 1.02 bits per heavy atom. The van der Waals surface area contributed by atoms with Crippen LogP contribution < -0.4 is 10.7 Å². The van der Waals surface area contributed by atoms with E-state index in [2.05, 4.69) is 5.16 Å². The van der Waals surface area contributed by atoms with Gasteiger partial charge < -0.3 is 14.5 Å². The average molecular weight is 639 g/mol. The van der Waals surface area contributed by atoms with Crippen molar-refractivity contribution in [1.29, 1.82) is 0 Å². The van der Waals surface area contributed by atoms with Gasteiger partial charge in [-0.25, -0.2) is 17.9 Å². The molecule has 0 spiro atoms. The van der Waals surface area contributed by atoms with Gasteiger partial charge in [0.25, 0.3) is 5.56 Å². The Hall–Kier alpha value is -3.41. The number of rotatable bonds is 10. The number of halogens is 4. The summed E-state index contributed by atoms with van der Waals surface area (Å²) >= 11 is 18.3. The normalized spacial score (nSPS) is 11.7. The minimum absolute atomic E-state index is 0.0130. The number of nitrogens with zero attached hydrogens (tertiary/aromatic N) is 2. The molecule has 3 N–H and O–H groups in total. The largest absolute Gasteiger partial charge is 0.507 e. The Balaban J connectivity index is 1.64. The van der Waals surface area contributed by atoms with Crippen LogP contribution in [0.3, 0.4) is 0 Å². The predicted molar refractivity (Wildman–Crippen MR) is 157 cm³/mol. The van der Waals surface area contributed by atoms with Crippen molar-refractivity contribution in [3.8, 4) is 5.75 Å². The Morgan fingerprint density at radius 2 is 1.76 bits per heavy atom. The monoisotopic (exact) mass is 637 g/mol. The highest BCUT2D eigenvalue weighted by molar-refractivity contribution is 7.89. The van der Waals surface area contributed by atoms with Gasteiger partial charge in [0.2, 0.25) is 10.0 Å². The van der Waals surface area contributed by atoms with Crippen molar-refractivity contribution < 1.29 is 22.8 Å². The molecule has 0 atom stereocenters. The summed E-state index contributed by atoms with van der Waals surface area (Å²) in [5.41, 5.74) is 0.897. The first-order chi connectivity index (χ1) is 19.4. The number of hydrogen-bond donors (Lipinski definition) is 2. The number of nitrogens with two attached hydrogens (primary N) is 1. The van der Waals surface area contributed by atoms with Gasteiger partial charge in [-0.15, -0.1) is 0 Å². The van der Waals surface area contributed by atoms with Gasteiger partial charge in [0.15, 0.2) is 0 Å². The molecule has 13 heteroatoms. The SMILES string of the molecule is NS(=O)(=O)c1ccc(CCn2cc(C=NOCc3ccc(Cl)cc3Cl)c(O)c(Cc3c(F)cccc3Cl)c2=O)cc1. The first-order valence-electron chi connectivity index (χ1n) is 12.0. The van der Waals surface area contributed by atoms with E-state index in [1.165, 1.54) is 47.3 Å². The summed E-state index contributed by atoms with van der Waals surface area (Å²) in [5, 5.41) is 21.0. The maximum absolute atomic E-state index is 14.6. The van der Waals surface area contributed by atoms with Crippen molar-refractivity contribution in [2.75, 3.05) is 0 Å². The number of aromatic hydroxyl groups is 1. The minimum atomic E-state index is -3.84. The molecule has 4 aromatic rings. The molecule has 0 unspecified atom stereocenters. The van der Waals surface area contributed by atoms with Crippen LogP contribution in [0.5, 0.6) is 5.75 Å². The zero-order valence-corrected chi connectivity index (χ0v) is 24.3. The van der Waals surface area contributed by atoms with Crippen LogP contribution in [0.1, 0.15) is 27.8 Å². The number of primary sulfonamides is 1. The molecule has 0 fully saturated rings. The van der Waals surface area contributed by atoms with E-state index in [-0.39, 0.29) is 46.2 Å². The van der Waals surface area contributed by atoms with Gasteiger partial charge in [0, 0.05) is 45.4 Å². The molecule has 0 aliphatic rings. The molecule has 8 nitrogen and oxygen atoms in total. The molecule has 0 amide bonds. The second-order valence-electron chi connectivity index (χ2n) is 8.97. The number of aryl methyl sites for hydroxylation is 2. The standard InChI is InChI=1S/C28H23Cl3FN3O5S/c29-20-7-6-18(25(31)12-20)16-40-34-14-19-15-35(11-10-17-4-8-21(9-5-17)41(33,38)39)28(37)23(27(19)36)13-22-24(30)2-1-3-26(22)32/h1-9,12,14-15,36H,10-11,13,16H2,(H2,33,38,39). The number of sulfonamides is 1. The molecular formula is C28H23Cl3FN3O5S. The molecule has 41 heavy (non-hydrogen) atoms. The Morgan fingerprint density at radius 3 is 2.41 bits per heavy atom. The lowest BCUT2D eigenvalue weighted by atomic mass is 10.0. The highest BCUT2D eigenvalue weighted by Gasteiger charge is 2.19. The lowest BCUT2D eigenvalue weighted by molar-refractivity contribution is 0.132. The van der Waals surface area contributed by atoms with Gasteiger partial charge in [-0.05, 0) is 48.4 Å². The van der Waals surface area contributed by atoms with Crippen molar-refractivity contribution in [2.24, 2.45) is 10.3 Å². The molecule has 0 bridgehead atoms. The van der Waals surface area contributed by atoms with Crippen molar-refractivity contribution >= 4 is 51.0 Å². The third-order valence-corrected chi connectivity index (χ3v) is 8.05. The van der Waals surface area contributed by atoms with Gasteiger partial charge in [-0.1, -0.05) is 64.2 Å². The van der Waals surface area contributed by atoms with Crippen molar-refractivity contribution in [3.05, 3.63) is 126 Å². The highest BCUT2D eigenvalue weighted by Crippen LogP contribution is 2.27. The average Bonchev–Trinajstić information content (AvgIpc) is 2.91. The molecule has 0 aliphatic carbocycles. The van der Waals surface area contributed by atoms with Crippen molar-refractivity contribution in [1.82, 2.24) is 4.57 Å². The molecular weight excluding hydrogens is 616 g/mol. The zero-order chi connectivity index (χ0) is 29.7. The van der Waals surface area contributed by atoms with Crippen molar-refractivity contribution in [2.45, 2.75) is 30.9 Å². The third-order valence-electron chi connectivity index (χ3n) is 6.18. The molecule has 3 aromatic carbocycles. The van der Waals surface area contributed by atoms with Crippen LogP contribution >= 0.6 is 34.8 Å². The summed E-state index contributed by atoms with van der Waals surface area (Å²) < 4.78 is 39.0. The molecule has 0 saturated heterocycles. The van der Waals surface area contributed by atoms with E-state index < -0.39 is 27.1 Å². The van der Waals surface area contributed by atoms with Crippen LogP contribution in [-0.2, 0) is 40.9 Å². The Kier molecular flexibility index (Phi) is 9.72. The van der Waals surface area contributed by atoms with Gasteiger partial charge in [-0.2, -0.15) is 0 Å². The third kappa shape index (κ3) is 7.66. The summed E-state index contributed by atoms with van der Waals surface area (Å²) in [6, 6.07) is 15.0. The first kappa shape index (κ1) is 30.5. The summed E-state index contributed by atoms with van der Waals surface area (Å²) in [7, 11) is -3.84. The van der Waals surface area contributed by atoms with Crippen LogP contribution in [-0.4, -0.2) is 24.3 Å². The quantitative estimate of drug-likeness (QED) is 0.171.